The van der Waals surface area contributed by atoms with E-state index >= 15 is 0 Å². The maximum Gasteiger partial charge on any atom is 0.121 e. The number of hydrogen-bond acceptors (Lipinski definition) is 3. The first kappa shape index (κ1) is 12.0. The molecule has 3 N–H and O–H groups in total. The van der Waals surface area contributed by atoms with Crippen LogP contribution < -0.4 is 16.0 Å². The molecule has 84 valence electrons. The number of benzene rings is 1. The number of aryl methyl sites for hydroxylation is 1. The Morgan fingerprint density at radius 1 is 1.47 bits per heavy atom. The molecule has 1 atom stereocenters. The molecule has 1 aromatic rings. The van der Waals surface area contributed by atoms with E-state index in [9.17, 15) is 0 Å². The summed E-state index contributed by atoms with van der Waals surface area (Å²) in [6.45, 7) is 4.20. The molecule has 0 amide bonds. The number of ether oxygens (including phenoxy) is 1. The minimum Gasteiger partial charge on any atom is -0.496 e. The highest BCUT2D eigenvalue weighted by atomic mass is 16.5. The van der Waals surface area contributed by atoms with Crippen LogP contribution in [0.5, 0.6) is 5.75 Å². The molecule has 15 heavy (non-hydrogen) atoms. The van der Waals surface area contributed by atoms with Gasteiger partial charge in [-0.15, -0.1) is 0 Å². The molecule has 0 bridgehead atoms. The Bertz CT molecular complexity index is 312. The van der Waals surface area contributed by atoms with Crippen LogP contribution in [0.25, 0.3) is 0 Å². The van der Waals surface area contributed by atoms with Crippen molar-refractivity contribution in [2.24, 2.45) is 5.84 Å². The number of hydrogen-bond donors (Lipinski definition) is 2. The van der Waals surface area contributed by atoms with Gasteiger partial charge in [0.1, 0.15) is 5.75 Å². The van der Waals surface area contributed by atoms with Gasteiger partial charge in [-0.3, -0.25) is 11.3 Å². The van der Waals surface area contributed by atoms with Crippen LogP contribution >= 0.6 is 0 Å². The van der Waals surface area contributed by atoms with Gasteiger partial charge in [0.05, 0.1) is 7.11 Å². The maximum atomic E-state index is 5.53. The average molecular weight is 208 g/mol. The molecule has 0 aliphatic carbocycles. The molecule has 0 radical (unpaired) electrons. The topological polar surface area (TPSA) is 47.3 Å². The number of nitrogens with one attached hydrogen (secondary N) is 1. The number of rotatable bonds is 5. The van der Waals surface area contributed by atoms with Crippen molar-refractivity contribution in [1.29, 1.82) is 0 Å². The lowest BCUT2D eigenvalue weighted by Crippen LogP contribution is -2.27. The Hall–Kier alpha value is -1.06. The van der Waals surface area contributed by atoms with Crippen molar-refractivity contribution in [3.63, 3.8) is 0 Å². The third kappa shape index (κ3) is 2.94. The second-order valence-corrected chi connectivity index (χ2v) is 3.74. The monoisotopic (exact) mass is 208 g/mol. The van der Waals surface area contributed by atoms with Crippen LogP contribution in [0.4, 0.5) is 0 Å². The molecule has 0 spiro atoms. The van der Waals surface area contributed by atoms with E-state index in [2.05, 4.69) is 24.5 Å². The fraction of sp³-hybridized carbons (Fsp3) is 0.500. The van der Waals surface area contributed by atoms with Crippen molar-refractivity contribution >= 4 is 0 Å². The van der Waals surface area contributed by atoms with Gasteiger partial charge in [-0.2, -0.15) is 0 Å². The average Bonchev–Trinajstić information content (AvgIpc) is 2.25. The molecule has 0 heterocycles. The van der Waals surface area contributed by atoms with Crippen LogP contribution in [-0.4, -0.2) is 7.11 Å². The molecule has 1 aromatic carbocycles. The van der Waals surface area contributed by atoms with E-state index in [1.165, 1.54) is 5.56 Å². The third-order valence-corrected chi connectivity index (χ3v) is 2.60. The Balaban J connectivity index is 2.89. The van der Waals surface area contributed by atoms with Crippen molar-refractivity contribution in [2.45, 2.75) is 32.7 Å². The predicted molar refractivity (Wildman–Crippen MR) is 62.7 cm³/mol. The smallest absolute Gasteiger partial charge is 0.121 e. The first-order chi connectivity index (χ1) is 7.22. The fourth-order valence-corrected chi connectivity index (χ4v) is 1.75. The molecule has 0 aliphatic heterocycles. The molecule has 0 aromatic heterocycles. The summed E-state index contributed by atoms with van der Waals surface area (Å²) in [4.78, 5) is 0. The van der Waals surface area contributed by atoms with Crippen molar-refractivity contribution in [1.82, 2.24) is 5.43 Å². The van der Waals surface area contributed by atoms with Gasteiger partial charge in [0, 0.05) is 6.04 Å². The number of nitrogens with two attached hydrogens (primary N) is 1. The summed E-state index contributed by atoms with van der Waals surface area (Å²) in [5.74, 6) is 6.45. The van der Waals surface area contributed by atoms with Gasteiger partial charge in [0.25, 0.3) is 0 Å². The highest BCUT2D eigenvalue weighted by molar-refractivity contribution is 5.37. The molecule has 0 aliphatic rings. The Morgan fingerprint density at radius 3 is 2.67 bits per heavy atom. The van der Waals surface area contributed by atoms with Crippen LogP contribution in [0.3, 0.4) is 0 Å². The summed E-state index contributed by atoms with van der Waals surface area (Å²) in [6, 6.07) is 6.41. The van der Waals surface area contributed by atoms with Gasteiger partial charge < -0.3 is 4.74 Å². The van der Waals surface area contributed by atoms with Crippen LogP contribution in [0.2, 0.25) is 0 Å². The highest BCUT2D eigenvalue weighted by Crippen LogP contribution is 2.24. The summed E-state index contributed by atoms with van der Waals surface area (Å²) >= 11 is 0. The van der Waals surface area contributed by atoms with Gasteiger partial charge in [0.15, 0.2) is 0 Å². The molecular formula is C12H20N2O. The Morgan fingerprint density at radius 2 is 2.20 bits per heavy atom. The van der Waals surface area contributed by atoms with Crippen molar-refractivity contribution < 1.29 is 4.74 Å². The first-order valence-corrected chi connectivity index (χ1v) is 5.33. The summed E-state index contributed by atoms with van der Waals surface area (Å²) in [5.41, 5.74) is 5.21. The van der Waals surface area contributed by atoms with E-state index in [1.54, 1.807) is 7.11 Å². The largest absolute Gasteiger partial charge is 0.496 e. The molecular weight excluding hydrogens is 188 g/mol. The zero-order valence-electron chi connectivity index (χ0n) is 9.71. The zero-order chi connectivity index (χ0) is 11.3. The minimum atomic E-state index is 0.236. The van der Waals surface area contributed by atoms with E-state index < -0.39 is 0 Å². The van der Waals surface area contributed by atoms with Crippen molar-refractivity contribution in [3.8, 4) is 5.75 Å². The second-order valence-electron chi connectivity index (χ2n) is 3.74. The van der Waals surface area contributed by atoms with Gasteiger partial charge >= 0.3 is 0 Å². The normalized spacial score (nSPS) is 12.5. The summed E-state index contributed by atoms with van der Waals surface area (Å²) < 4.78 is 5.22. The SMILES string of the molecule is CCCC(NN)c1ccc(OC)c(C)c1. The van der Waals surface area contributed by atoms with Gasteiger partial charge in [-0.1, -0.05) is 25.5 Å². The quantitative estimate of drug-likeness (QED) is 0.576. The summed E-state index contributed by atoms with van der Waals surface area (Å²) in [6.07, 6.45) is 2.15. The van der Waals surface area contributed by atoms with Crippen LogP contribution in [0.15, 0.2) is 18.2 Å². The van der Waals surface area contributed by atoms with Crippen LogP contribution in [0, 0.1) is 6.92 Å². The number of hydrazine groups is 1. The molecule has 1 rings (SSSR count). The minimum absolute atomic E-state index is 0.236. The van der Waals surface area contributed by atoms with Crippen molar-refractivity contribution in [3.05, 3.63) is 29.3 Å². The fourth-order valence-electron chi connectivity index (χ4n) is 1.75. The highest BCUT2D eigenvalue weighted by Gasteiger charge is 2.09. The molecule has 3 heteroatoms. The first-order valence-electron chi connectivity index (χ1n) is 5.33. The number of methoxy groups -OCH3 is 1. The molecule has 1 unspecified atom stereocenters. The van der Waals surface area contributed by atoms with Crippen LogP contribution in [-0.2, 0) is 0 Å². The van der Waals surface area contributed by atoms with Gasteiger partial charge in [-0.25, -0.2) is 0 Å². The molecule has 0 fully saturated rings. The Labute approximate surface area is 91.6 Å². The van der Waals surface area contributed by atoms with Gasteiger partial charge in [0.2, 0.25) is 0 Å². The van der Waals surface area contributed by atoms with E-state index in [0.717, 1.165) is 24.2 Å². The predicted octanol–water partition coefficient (Wildman–Crippen LogP) is 2.31. The Kier molecular flexibility index (Phi) is 4.59. The second kappa shape index (κ2) is 5.73. The standard InChI is InChI=1S/C12H20N2O/c1-4-5-11(14-13)10-6-7-12(15-3)9(2)8-10/h6-8,11,14H,4-5,13H2,1-3H3. The summed E-state index contributed by atoms with van der Waals surface area (Å²) in [7, 11) is 1.69. The van der Waals surface area contributed by atoms with Gasteiger partial charge in [-0.05, 0) is 30.5 Å². The molecule has 0 saturated heterocycles. The molecule has 0 saturated carbocycles. The van der Waals surface area contributed by atoms with Crippen LogP contribution in [0.1, 0.15) is 36.9 Å². The van der Waals surface area contributed by atoms with E-state index in [4.69, 9.17) is 10.6 Å². The molecule has 3 nitrogen and oxygen atoms in total. The third-order valence-electron chi connectivity index (χ3n) is 2.60. The lowest BCUT2D eigenvalue weighted by atomic mass is 10.0. The zero-order valence-corrected chi connectivity index (χ0v) is 9.71. The van der Waals surface area contributed by atoms with E-state index in [1.807, 2.05) is 13.0 Å². The van der Waals surface area contributed by atoms with E-state index in [0.29, 0.717) is 0 Å². The van der Waals surface area contributed by atoms with Crippen molar-refractivity contribution in [2.75, 3.05) is 7.11 Å². The van der Waals surface area contributed by atoms with E-state index in [-0.39, 0.29) is 6.04 Å². The lowest BCUT2D eigenvalue weighted by molar-refractivity contribution is 0.411. The lowest BCUT2D eigenvalue weighted by Gasteiger charge is -2.16. The summed E-state index contributed by atoms with van der Waals surface area (Å²) in [5, 5.41) is 0. The maximum absolute atomic E-state index is 5.53.